The first kappa shape index (κ1) is 17.4. The van der Waals surface area contributed by atoms with Gasteiger partial charge in [0.15, 0.2) is 0 Å². The largest absolute Gasteiger partial charge is 0.344 e. The fourth-order valence-corrected chi connectivity index (χ4v) is 3.29. The number of likely N-dealkylation sites (tertiary alicyclic amines) is 1. The summed E-state index contributed by atoms with van der Waals surface area (Å²) >= 11 is 0. The number of hydrazine groups is 1. The van der Waals surface area contributed by atoms with Crippen LogP contribution in [0.3, 0.4) is 0 Å². The maximum atomic E-state index is 12.7. The lowest BCUT2D eigenvalue weighted by Gasteiger charge is -2.30. The molecule has 25 heavy (non-hydrogen) atoms. The number of piperidine rings is 1. The second kappa shape index (κ2) is 6.84. The minimum Gasteiger partial charge on any atom is -0.318 e. The van der Waals surface area contributed by atoms with E-state index in [9.17, 15) is 14.4 Å². The third kappa shape index (κ3) is 3.51. The number of carbonyl (C=O) groups excluding carboxylic acids is 3. The highest BCUT2D eigenvalue weighted by molar-refractivity contribution is 6.08. The molecule has 7 heteroatoms. The third-order valence-corrected chi connectivity index (χ3v) is 5.02. The van der Waals surface area contributed by atoms with Crippen LogP contribution in [0.25, 0.3) is 0 Å². The molecule has 2 aliphatic heterocycles. The smallest absolute Gasteiger partial charge is 0.318 e. The van der Waals surface area contributed by atoms with Gasteiger partial charge >= 0.3 is 6.03 Å². The number of imide groups is 1. The summed E-state index contributed by atoms with van der Waals surface area (Å²) in [6.07, 6.45) is 2.12. The zero-order valence-electron chi connectivity index (χ0n) is 14.6. The van der Waals surface area contributed by atoms with E-state index >= 15 is 0 Å². The molecule has 134 valence electrons. The Balaban J connectivity index is 1.64. The number of nitrogens with zero attached hydrogens (tertiary/aromatic N) is 2. The molecular weight excluding hydrogens is 320 g/mol. The number of benzene rings is 1. The van der Waals surface area contributed by atoms with E-state index < -0.39 is 17.5 Å². The Kier molecular flexibility index (Phi) is 4.76. The lowest BCUT2D eigenvalue weighted by molar-refractivity contribution is -0.139. The zero-order valence-corrected chi connectivity index (χ0v) is 14.6. The first-order valence-electron chi connectivity index (χ1n) is 8.64. The first-order valence-corrected chi connectivity index (χ1v) is 8.64. The lowest BCUT2D eigenvalue weighted by atomic mass is 9.92. The van der Waals surface area contributed by atoms with Gasteiger partial charge in [-0.05, 0) is 44.3 Å². The van der Waals surface area contributed by atoms with Crippen molar-refractivity contribution in [1.82, 2.24) is 20.7 Å². The molecule has 1 atom stereocenters. The SMILES string of the molecule is CC1CCN(CC(=O)NN2C(=O)N[C@](C)(c3ccccc3)C2=O)CC1. The van der Waals surface area contributed by atoms with Crippen LogP contribution in [-0.2, 0) is 15.1 Å². The monoisotopic (exact) mass is 344 g/mol. The van der Waals surface area contributed by atoms with E-state index in [4.69, 9.17) is 0 Å². The number of hydrogen-bond acceptors (Lipinski definition) is 4. The second-order valence-electron chi connectivity index (χ2n) is 7.06. The van der Waals surface area contributed by atoms with Crippen molar-refractivity contribution in [3.63, 3.8) is 0 Å². The summed E-state index contributed by atoms with van der Waals surface area (Å²) in [6, 6.07) is 8.39. The van der Waals surface area contributed by atoms with Crippen LogP contribution in [0.2, 0.25) is 0 Å². The summed E-state index contributed by atoms with van der Waals surface area (Å²) in [7, 11) is 0. The van der Waals surface area contributed by atoms with Crippen molar-refractivity contribution >= 4 is 17.8 Å². The Bertz CT molecular complexity index is 670. The molecule has 0 aromatic heterocycles. The average molecular weight is 344 g/mol. The summed E-state index contributed by atoms with van der Waals surface area (Å²) in [5, 5.41) is 3.46. The van der Waals surface area contributed by atoms with Gasteiger partial charge < -0.3 is 5.32 Å². The predicted octanol–water partition coefficient (Wildman–Crippen LogP) is 1.22. The summed E-state index contributed by atoms with van der Waals surface area (Å²) in [5.74, 6) is -0.156. The van der Waals surface area contributed by atoms with Gasteiger partial charge in [-0.3, -0.25) is 19.9 Å². The lowest BCUT2D eigenvalue weighted by Crippen LogP contribution is -2.51. The zero-order chi connectivity index (χ0) is 18.0. The van der Waals surface area contributed by atoms with Gasteiger partial charge in [-0.2, -0.15) is 5.01 Å². The topological polar surface area (TPSA) is 81.8 Å². The van der Waals surface area contributed by atoms with Crippen LogP contribution >= 0.6 is 0 Å². The van der Waals surface area contributed by atoms with Gasteiger partial charge in [-0.1, -0.05) is 37.3 Å². The maximum absolute atomic E-state index is 12.7. The molecule has 0 bridgehead atoms. The Labute approximate surface area is 147 Å². The van der Waals surface area contributed by atoms with E-state index in [1.54, 1.807) is 31.2 Å². The molecule has 0 spiro atoms. The van der Waals surface area contributed by atoms with Crippen LogP contribution in [0.15, 0.2) is 30.3 Å². The highest BCUT2D eigenvalue weighted by Crippen LogP contribution is 2.27. The number of amides is 4. The number of rotatable bonds is 4. The molecule has 7 nitrogen and oxygen atoms in total. The van der Waals surface area contributed by atoms with Gasteiger partial charge in [0, 0.05) is 0 Å². The Morgan fingerprint density at radius 2 is 1.88 bits per heavy atom. The summed E-state index contributed by atoms with van der Waals surface area (Å²) in [4.78, 5) is 39.2. The van der Waals surface area contributed by atoms with Crippen molar-refractivity contribution in [2.24, 2.45) is 5.92 Å². The summed E-state index contributed by atoms with van der Waals surface area (Å²) < 4.78 is 0. The predicted molar refractivity (Wildman–Crippen MR) is 92.2 cm³/mol. The molecule has 0 unspecified atom stereocenters. The molecule has 2 N–H and O–H groups in total. The van der Waals surface area contributed by atoms with Crippen molar-refractivity contribution in [3.05, 3.63) is 35.9 Å². The minimum absolute atomic E-state index is 0.186. The normalized spacial score (nSPS) is 25.1. The molecule has 2 heterocycles. The molecule has 4 amide bonds. The van der Waals surface area contributed by atoms with Crippen molar-refractivity contribution in [2.75, 3.05) is 19.6 Å². The molecule has 2 fully saturated rings. The van der Waals surface area contributed by atoms with Crippen molar-refractivity contribution in [2.45, 2.75) is 32.2 Å². The van der Waals surface area contributed by atoms with Crippen LogP contribution in [0.1, 0.15) is 32.3 Å². The van der Waals surface area contributed by atoms with E-state index in [0.717, 1.165) is 30.9 Å². The third-order valence-electron chi connectivity index (χ3n) is 5.02. The van der Waals surface area contributed by atoms with Crippen LogP contribution < -0.4 is 10.7 Å². The Morgan fingerprint density at radius 1 is 1.24 bits per heavy atom. The van der Waals surface area contributed by atoms with Crippen molar-refractivity contribution in [3.8, 4) is 0 Å². The van der Waals surface area contributed by atoms with Gasteiger partial charge in [-0.25, -0.2) is 4.79 Å². The van der Waals surface area contributed by atoms with Gasteiger partial charge in [0.05, 0.1) is 6.54 Å². The fraction of sp³-hybridized carbons (Fsp3) is 0.500. The Hall–Kier alpha value is -2.41. The molecule has 1 aromatic rings. The van der Waals surface area contributed by atoms with Crippen LogP contribution in [-0.4, -0.2) is 47.4 Å². The molecule has 0 radical (unpaired) electrons. The van der Waals surface area contributed by atoms with Gasteiger partial charge in [0.1, 0.15) is 5.54 Å². The van der Waals surface area contributed by atoms with Crippen LogP contribution in [0, 0.1) is 5.92 Å². The highest BCUT2D eigenvalue weighted by atomic mass is 16.2. The number of carbonyl (C=O) groups is 3. The van der Waals surface area contributed by atoms with E-state index in [2.05, 4.69) is 17.7 Å². The number of urea groups is 1. The van der Waals surface area contributed by atoms with Crippen LogP contribution in [0.5, 0.6) is 0 Å². The van der Waals surface area contributed by atoms with Gasteiger partial charge in [0.25, 0.3) is 11.8 Å². The molecule has 0 saturated carbocycles. The number of hydrogen-bond donors (Lipinski definition) is 2. The first-order chi connectivity index (χ1) is 11.9. The molecule has 2 aliphatic rings. The molecule has 3 rings (SSSR count). The van der Waals surface area contributed by atoms with E-state index in [1.165, 1.54) is 0 Å². The average Bonchev–Trinajstić information content (AvgIpc) is 2.82. The molecular formula is C18H24N4O3. The van der Waals surface area contributed by atoms with E-state index in [1.807, 2.05) is 11.0 Å². The molecule has 2 saturated heterocycles. The molecule has 0 aliphatic carbocycles. The Morgan fingerprint density at radius 3 is 2.52 bits per heavy atom. The van der Waals surface area contributed by atoms with E-state index in [-0.39, 0.29) is 12.5 Å². The second-order valence-corrected chi connectivity index (χ2v) is 7.06. The van der Waals surface area contributed by atoms with Crippen molar-refractivity contribution in [1.29, 1.82) is 0 Å². The number of nitrogens with one attached hydrogen (secondary N) is 2. The van der Waals surface area contributed by atoms with Gasteiger partial charge in [-0.15, -0.1) is 0 Å². The molecule has 1 aromatic carbocycles. The van der Waals surface area contributed by atoms with Crippen LogP contribution in [0.4, 0.5) is 4.79 Å². The minimum atomic E-state index is -1.17. The standard InChI is InChI=1S/C18H24N4O3/c1-13-8-10-21(11-9-13)12-15(23)20-22-16(24)18(2,19-17(22)25)14-6-4-3-5-7-14/h3-7,13H,8-12H2,1-2H3,(H,19,25)(H,20,23)/t18-/m1/s1. The van der Waals surface area contributed by atoms with E-state index in [0.29, 0.717) is 11.5 Å². The summed E-state index contributed by atoms with van der Waals surface area (Å²) in [6.45, 7) is 5.74. The fourth-order valence-electron chi connectivity index (χ4n) is 3.29. The summed E-state index contributed by atoms with van der Waals surface area (Å²) in [5.41, 5.74) is 1.95. The highest BCUT2D eigenvalue weighted by Gasteiger charge is 2.50. The van der Waals surface area contributed by atoms with Gasteiger partial charge in [0.2, 0.25) is 0 Å². The quantitative estimate of drug-likeness (QED) is 0.805. The van der Waals surface area contributed by atoms with Crippen molar-refractivity contribution < 1.29 is 14.4 Å². The maximum Gasteiger partial charge on any atom is 0.344 e.